The first-order chi connectivity index (χ1) is 9.97. The molecule has 0 spiro atoms. The molecule has 7 heteroatoms. The summed E-state index contributed by atoms with van der Waals surface area (Å²) in [4.78, 5) is 25.4. The number of rotatable bonds is 7. The Morgan fingerprint density at radius 1 is 1.33 bits per heavy atom. The third-order valence-electron chi connectivity index (χ3n) is 2.64. The van der Waals surface area contributed by atoms with Crippen molar-refractivity contribution in [3.8, 4) is 0 Å². The van der Waals surface area contributed by atoms with Crippen molar-refractivity contribution in [2.24, 2.45) is 0 Å². The quantitative estimate of drug-likeness (QED) is 0.610. The van der Waals surface area contributed by atoms with Crippen LogP contribution in [0.25, 0.3) is 0 Å². The van der Waals surface area contributed by atoms with Gasteiger partial charge in [0.25, 0.3) is 5.91 Å². The van der Waals surface area contributed by atoms with E-state index in [-0.39, 0.29) is 25.6 Å². The SMILES string of the molecule is CCOC(=O)CN(CCOC)C(=O)c1cc(N)cc(Cl)c1. The zero-order chi connectivity index (χ0) is 15.8. The summed E-state index contributed by atoms with van der Waals surface area (Å²) in [6, 6.07) is 4.56. The maximum absolute atomic E-state index is 12.4. The van der Waals surface area contributed by atoms with Gasteiger partial charge in [0.2, 0.25) is 0 Å². The number of halogens is 1. The van der Waals surface area contributed by atoms with E-state index in [9.17, 15) is 9.59 Å². The molecule has 0 aliphatic rings. The van der Waals surface area contributed by atoms with Crippen LogP contribution in [-0.2, 0) is 14.3 Å². The van der Waals surface area contributed by atoms with Crippen LogP contribution in [0.5, 0.6) is 0 Å². The zero-order valence-electron chi connectivity index (χ0n) is 12.1. The third kappa shape index (κ3) is 5.61. The molecular weight excluding hydrogens is 296 g/mol. The van der Waals surface area contributed by atoms with E-state index < -0.39 is 5.97 Å². The second kappa shape index (κ2) is 8.49. The second-order valence-corrected chi connectivity index (χ2v) is 4.73. The molecule has 0 heterocycles. The lowest BCUT2D eigenvalue weighted by atomic mass is 10.1. The molecule has 1 amide bonds. The summed E-state index contributed by atoms with van der Waals surface area (Å²) < 4.78 is 9.81. The number of benzene rings is 1. The molecule has 0 radical (unpaired) electrons. The van der Waals surface area contributed by atoms with E-state index >= 15 is 0 Å². The van der Waals surface area contributed by atoms with E-state index in [2.05, 4.69) is 0 Å². The van der Waals surface area contributed by atoms with Gasteiger partial charge in [-0.1, -0.05) is 11.6 Å². The molecule has 0 fully saturated rings. The van der Waals surface area contributed by atoms with E-state index in [4.69, 9.17) is 26.8 Å². The van der Waals surface area contributed by atoms with Crippen molar-refractivity contribution in [2.45, 2.75) is 6.92 Å². The third-order valence-corrected chi connectivity index (χ3v) is 2.86. The van der Waals surface area contributed by atoms with Crippen molar-refractivity contribution in [3.63, 3.8) is 0 Å². The lowest BCUT2D eigenvalue weighted by Crippen LogP contribution is -2.38. The Balaban J connectivity index is 2.90. The number of amides is 1. The van der Waals surface area contributed by atoms with Gasteiger partial charge in [0.1, 0.15) is 6.54 Å². The molecule has 0 saturated carbocycles. The molecule has 0 saturated heterocycles. The summed E-state index contributed by atoms with van der Waals surface area (Å²) in [5.41, 5.74) is 6.38. The van der Waals surface area contributed by atoms with Gasteiger partial charge in [-0.25, -0.2) is 0 Å². The van der Waals surface area contributed by atoms with Gasteiger partial charge in [-0.05, 0) is 25.1 Å². The number of hydrogen-bond acceptors (Lipinski definition) is 5. The molecule has 0 bridgehead atoms. The van der Waals surface area contributed by atoms with E-state index in [1.807, 2.05) is 0 Å². The largest absolute Gasteiger partial charge is 0.465 e. The summed E-state index contributed by atoms with van der Waals surface area (Å²) in [7, 11) is 1.52. The molecule has 0 atom stereocenters. The molecule has 1 aromatic carbocycles. The van der Waals surface area contributed by atoms with E-state index in [0.29, 0.717) is 22.9 Å². The highest BCUT2D eigenvalue weighted by Crippen LogP contribution is 2.18. The molecule has 0 unspecified atom stereocenters. The topological polar surface area (TPSA) is 81.9 Å². The Kier molecular flexibility index (Phi) is 6.98. The van der Waals surface area contributed by atoms with Crippen LogP contribution in [0.4, 0.5) is 5.69 Å². The van der Waals surface area contributed by atoms with Gasteiger partial charge in [-0.15, -0.1) is 0 Å². The predicted molar refractivity (Wildman–Crippen MR) is 80.3 cm³/mol. The van der Waals surface area contributed by atoms with E-state index in [0.717, 1.165) is 0 Å². The lowest BCUT2D eigenvalue weighted by molar-refractivity contribution is -0.143. The fraction of sp³-hybridized carbons (Fsp3) is 0.429. The van der Waals surface area contributed by atoms with Crippen molar-refractivity contribution in [2.75, 3.05) is 39.1 Å². The average molecular weight is 315 g/mol. The number of nitrogens with two attached hydrogens (primary N) is 1. The summed E-state index contributed by atoms with van der Waals surface area (Å²) in [6.07, 6.45) is 0. The van der Waals surface area contributed by atoms with Crippen molar-refractivity contribution in [3.05, 3.63) is 28.8 Å². The highest BCUT2D eigenvalue weighted by molar-refractivity contribution is 6.31. The Bertz CT molecular complexity index is 487. The summed E-state index contributed by atoms with van der Waals surface area (Å²) in [6.45, 7) is 2.39. The van der Waals surface area contributed by atoms with Crippen molar-refractivity contribution in [1.29, 1.82) is 0 Å². The number of nitrogen functional groups attached to an aromatic ring is 1. The molecule has 0 aliphatic heterocycles. The number of anilines is 1. The van der Waals surface area contributed by atoms with Crippen LogP contribution in [0.1, 0.15) is 17.3 Å². The number of nitrogens with zero attached hydrogens (tertiary/aromatic N) is 1. The molecule has 1 aromatic rings. The van der Waals surface area contributed by atoms with Gasteiger partial charge in [0.05, 0.1) is 13.2 Å². The van der Waals surface area contributed by atoms with Crippen molar-refractivity contribution < 1.29 is 19.1 Å². The fourth-order valence-electron chi connectivity index (χ4n) is 1.73. The predicted octanol–water partition coefficient (Wildman–Crippen LogP) is 1.57. The number of methoxy groups -OCH3 is 1. The monoisotopic (exact) mass is 314 g/mol. The van der Waals surface area contributed by atoms with Crippen LogP contribution >= 0.6 is 11.6 Å². The molecule has 116 valence electrons. The zero-order valence-corrected chi connectivity index (χ0v) is 12.9. The fourth-order valence-corrected chi connectivity index (χ4v) is 1.98. The molecule has 6 nitrogen and oxygen atoms in total. The molecule has 2 N–H and O–H groups in total. The van der Waals surface area contributed by atoms with Crippen LogP contribution in [0.3, 0.4) is 0 Å². The lowest BCUT2D eigenvalue weighted by Gasteiger charge is -2.21. The van der Waals surface area contributed by atoms with Crippen LogP contribution < -0.4 is 5.73 Å². The van der Waals surface area contributed by atoms with Crippen molar-refractivity contribution >= 4 is 29.2 Å². The molecule has 1 rings (SSSR count). The second-order valence-electron chi connectivity index (χ2n) is 4.30. The first-order valence-electron chi connectivity index (χ1n) is 6.47. The number of esters is 1. The van der Waals surface area contributed by atoms with Gasteiger partial charge in [-0.3, -0.25) is 9.59 Å². The van der Waals surface area contributed by atoms with Gasteiger partial charge in [0.15, 0.2) is 0 Å². The highest BCUT2D eigenvalue weighted by Gasteiger charge is 2.20. The minimum Gasteiger partial charge on any atom is -0.465 e. The summed E-state index contributed by atoms with van der Waals surface area (Å²) in [5, 5.41) is 0.362. The summed E-state index contributed by atoms with van der Waals surface area (Å²) >= 11 is 5.89. The normalized spacial score (nSPS) is 10.2. The number of carbonyl (C=O) groups is 2. The number of carbonyl (C=O) groups excluding carboxylic acids is 2. The Morgan fingerprint density at radius 3 is 2.62 bits per heavy atom. The number of hydrogen-bond donors (Lipinski definition) is 1. The Morgan fingerprint density at radius 2 is 2.05 bits per heavy atom. The van der Waals surface area contributed by atoms with Gasteiger partial charge in [0, 0.05) is 29.9 Å². The number of ether oxygens (including phenoxy) is 2. The van der Waals surface area contributed by atoms with Crippen molar-refractivity contribution in [1.82, 2.24) is 4.90 Å². The smallest absolute Gasteiger partial charge is 0.325 e. The molecule has 0 aliphatic carbocycles. The highest BCUT2D eigenvalue weighted by atomic mass is 35.5. The van der Waals surface area contributed by atoms with Crippen LogP contribution in [0.2, 0.25) is 5.02 Å². The molecule has 21 heavy (non-hydrogen) atoms. The minimum atomic E-state index is -0.475. The first-order valence-corrected chi connectivity index (χ1v) is 6.85. The van der Waals surface area contributed by atoms with Crippen LogP contribution in [0, 0.1) is 0 Å². The van der Waals surface area contributed by atoms with E-state index in [1.165, 1.54) is 24.1 Å². The Hall–Kier alpha value is -1.79. The first kappa shape index (κ1) is 17.3. The van der Waals surface area contributed by atoms with Crippen LogP contribution in [0.15, 0.2) is 18.2 Å². The van der Waals surface area contributed by atoms with Gasteiger partial charge >= 0.3 is 5.97 Å². The van der Waals surface area contributed by atoms with Gasteiger partial charge in [-0.2, -0.15) is 0 Å². The maximum Gasteiger partial charge on any atom is 0.325 e. The summed E-state index contributed by atoms with van der Waals surface area (Å²) in [5.74, 6) is -0.828. The minimum absolute atomic E-state index is 0.150. The Labute approximate surface area is 128 Å². The van der Waals surface area contributed by atoms with Crippen LogP contribution in [-0.4, -0.2) is 50.2 Å². The van der Waals surface area contributed by atoms with Gasteiger partial charge < -0.3 is 20.1 Å². The molecule has 0 aromatic heterocycles. The average Bonchev–Trinajstić information content (AvgIpc) is 2.41. The standard InChI is InChI=1S/C14H19ClN2O4/c1-3-21-13(18)9-17(4-5-20-2)14(19)10-6-11(15)8-12(16)7-10/h6-8H,3-5,9,16H2,1-2H3. The molecular formula is C14H19ClN2O4. The van der Waals surface area contributed by atoms with E-state index in [1.54, 1.807) is 13.0 Å². The maximum atomic E-state index is 12.4.